The Morgan fingerprint density at radius 1 is 1.09 bits per heavy atom. The molecule has 0 fully saturated rings. The molecule has 1 aliphatic rings. The normalized spacial score (nSPS) is 16.1. The number of fused-ring (bicyclic) bond motifs is 1. The van der Waals surface area contributed by atoms with Gasteiger partial charge in [0, 0.05) is 15.7 Å². The molecule has 1 heterocycles. The fourth-order valence-electron chi connectivity index (χ4n) is 2.36. The first kappa shape index (κ1) is 15.6. The molecule has 0 saturated carbocycles. The van der Waals surface area contributed by atoms with Gasteiger partial charge in [-0.15, -0.1) is 0 Å². The number of carbonyl (C=O) groups excluding carboxylic acids is 2. The van der Waals surface area contributed by atoms with E-state index in [4.69, 9.17) is 23.2 Å². The van der Waals surface area contributed by atoms with E-state index in [1.54, 1.807) is 24.3 Å². The maximum absolute atomic E-state index is 12.1. The molecule has 0 aliphatic carbocycles. The molecule has 2 aromatic rings. The molecule has 0 radical (unpaired) electrons. The van der Waals surface area contributed by atoms with Gasteiger partial charge in [0.15, 0.2) is 0 Å². The van der Waals surface area contributed by atoms with Crippen LogP contribution in [0, 0.1) is 0 Å². The lowest BCUT2D eigenvalue weighted by Gasteiger charge is -2.26. The van der Waals surface area contributed by atoms with Crippen molar-refractivity contribution in [3.05, 3.63) is 52.5 Å². The summed E-state index contributed by atoms with van der Waals surface area (Å²) in [5.41, 5.74) is 1.98. The highest BCUT2D eigenvalue weighted by atomic mass is 35.5. The summed E-state index contributed by atoms with van der Waals surface area (Å²) in [5, 5.41) is 9.37. The molecule has 1 atom stereocenters. The van der Waals surface area contributed by atoms with Crippen molar-refractivity contribution >= 4 is 52.1 Å². The number of nitrogens with one attached hydrogen (secondary N) is 3. The van der Waals surface area contributed by atoms with Crippen LogP contribution in [0.15, 0.2) is 42.5 Å². The molecule has 3 N–H and O–H groups in total. The van der Waals surface area contributed by atoms with Gasteiger partial charge < -0.3 is 16.0 Å². The second-order valence-corrected chi connectivity index (χ2v) is 6.02. The van der Waals surface area contributed by atoms with Crippen LogP contribution in [0.4, 0.5) is 17.1 Å². The van der Waals surface area contributed by atoms with Crippen molar-refractivity contribution in [1.29, 1.82) is 0 Å². The van der Waals surface area contributed by atoms with Crippen molar-refractivity contribution in [2.45, 2.75) is 12.5 Å². The predicted molar refractivity (Wildman–Crippen MR) is 92.2 cm³/mol. The number of halogens is 2. The minimum atomic E-state index is -0.639. The Balaban J connectivity index is 1.67. The van der Waals surface area contributed by atoms with Crippen molar-refractivity contribution in [3.63, 3.8) is 0 Å². The first-order valence-corrected chi connectivity index (χ1v) is 7.69. The number of hydrogen-bond acceptors (Lipinski definition) is 3. The summed E-state index contributed by atoms with van der Waals surface area (Å²) in [6.45, 7) is 0. The van der Waals surface area contributed by atoms with Crippen molar-refractivity contribution < 1.29 is 9.59 Å². The van der Waals surface area contributed by atoms with Gasteiger partial charge >= 0.3 is 0 Å². The average molecular weight is 350 g/mol. The van der Waals surface area contributed by atoms with Crippen LogP contribution in [0.2, 0.25) is 10.0 Å². The monoisotopic (exact) mass is 349 g/mol. The highest BCUT2D eigenvalue weighted by molar-refractivity contribution is 6.35. The van der Waals surface area contributed by atoms with Crippen LogP contribution in [-0.4, -0.2) is 17.9 Å². The SMILES string of the molecule is O=C(C[C@H]1Nc2ccccc2NC1=O)Nc1cc(Cl)cc(Cl)c1. The highest BCUT2D eigenvalue weighted by Gasteiger charge is 2.27. The number of anilines is 3. The number of rotatable bonds is 3. The first-order valence-electron chi connectivity index (χ1n) is 6.93. The second-order valence-electron chi connectivity index (χ2n) is 5.14. The molecule has 7 heteroatoms. The molecule has 2 amide bonds. The van der Waals surface area contributed by atoms with Crippen LogP contribution in [0.1, 0.15) is 6.42 Å². The zero-order valence-corrected chi connectivity index (χ0v) is 13.4. The molecule has 3 rings (SSSR count). The molecular weight excluding hydrogens is 337 g/mol. The van der Waals surface area contributed by atoms with Gasteiger partial charge in [0.25, 0.3) is 0 Å². The largest absolute Gasteiger partial charge is 0.372 e. The molecule has 118 valence electrons. The molecule has 0 unspecified atom stereocenters. The van der Waals surface area contributed by atoms with Crippen LogP contribution in [0.5, 0.6) is 0 Å². The van der Waals surface area contributed by atoms with Gasteiger partial charge in [-0.25, -0.2) is 0 Å². The van der Waals surface area contributed by atoms with E-state index in [0.717, 1.165) is 5.69 Å². The summed E-state index contributed by atoms with van der Waals surface area (Å²) in [6, 6.07) is 11.4. The van der Waals surface area contributed by atoms with Crippen LogP contribution in [0.25, 0.3) is 0 Å². The standard InChI is InChI=1S/C16H13Cl2N3O2/c17-9-5-10(18)7-11(6-9)19-15(22)8-14-16(23)21-13-4-2-1-3-12(13)20-14/h1-7,14,20H,8H2,(H,19,22)(H,21,23)/t14-/m1/s1. The Bertz CT molecular complexity index is 759. The molecular formula is C16H13Cl2N3O2. The Kier molecular flexibility index (Phi) is 4.41. The third-order valence-corrected chi connectivity index (χ3v) is 3.80. The van der Waals surface area contributed by atoms with Crippen LogP contribution < -0.4 is 16.0 Å². The predicted octanol–water partition coefficient (Wildman–Crippen LogP) is 3.75. The van der Waals surface area contributed by atoms with E-state index < -0.39 is 6.04 Å². The van der Waals surface area contributed by atoms with E-state index in [-0.39, 0.29) is 18.2 Å². The van der Waals surface area contributed by atoms with Gasteiger partial charge in [-0.3, -0.25) is 9.59 Å². The Morgan fingerprint density at radius 2 is 1.74 bits per heavy atom. The van der Waals surface area contributed by atoms with E-state index >= 15 is 0 Å². The van der Waals surface area contributed by atoms with Crippen LogP contribution in [0.3, 0.4) is 0 Å². The summed E-state index contributed by atoms with van der Waals surface area (Å²) in [7, 11) is 0. The third-order valence-electron chi connectivity index (χ3n) is 3.37. The number of benzene rings is 2. The summed E-state index contributed by atoms with van der Waals surface area (Å²) in [5.74, 6) is -0.557. The van der Waals surface area contributed by atoms with Crippen LogP contribution >= 0.6 is 23.2 Å². The molecule has 23 heavy (non-hydrogen) atoms. The van der Waals surface area contributed by atoms with Crippen molar-refractivity contribution in [3.8, 4) is 0 Å². The molecule has 0 spiro atoms. The highest BCUT2D eigenvalue weighted by Crippen LogP contribution is 2.27. The summed E-state index contributed by atoms with van der Waals surface area (Å²) >= 11 is 11.8. The van der Waals surface area contributed by atoms with Gasteiger partial charge in [0.05, 0.1) is 17.8 Å². The maximum Gasteiger partial charge on any atom is 0.247 e. The van der Waals surface area contributed by atoms with Gasteiger partial charge in [0.2, 0.25) is 11.8 Å². The van der Waals surface area contributed by atoms with E-state index in [0.29, 0.717) is 21.4 Å². The van der Waals surface area contributed by atoms with Gasteiger partial charge in [-0.1, -0.05) is 35.3 Å². The molecule has 5 nitrogen and oxygen atoms in total. The Labute approximate surface area is 143 Å². The lowest BCUT2D eigenvalue weighted by atomic mass is 10.1. The number of carbonyl (C=O) groups is 2. The lowest BCUT2D eigenvalue weighted by molar-refractivity contribution is -0.122. The number of para-hydroxylation sites is 2. The fourth-order valence-corrected chi connectivity index (χ4v) is 2.88. The zero-order valence-electron chi connectivity index (χ0n) is 11.9. The third kappa shape index (κ3) is 3.75. The number of hydrogen-bond donors (Lipinski definition) is 3. The topological polar surface area (TPSA) is 70.2 Å². The van der Waals surface area contributed by atoms with E-state index in [2.05, 4.69) is 16.0 Å². The number of amides is 2. The zero-order chi connectivity index (χ0) is 16.4. The smallest absolute Gasteiger partial charge is 0.247 e. The summed E-state index contributed by atoms with van der Waals surface area (Å²) in [4.78, 5) is 24.2. The van der Waals surface area contributed by atoms with E-state index in [9.17, 15) is 9.59 Å². The van der Waals surface area contributed by atoms with Crippen molar-refractivity contribution in [1.82, 2.24) is 0 Å². The summed E-state index contributed by atoms with van der Waals surface area (Å²) in [6.07, 6.45) is -0.00962. The second kappa shape index (κ2) is 6.48. The van der Waals surface area contributed by atoms with E-state index in [1.807, 2.05) is 18.2 Å². The quantitative estimate of drug-likeness (QED) is 0.790. The first-order chi connectivity index (χ1) is 11.0. The molecule has 0 aromatic heterocycles. The van der Waals surface area contributed by atoms with E-state index in [1.165, 1.54) is 0 Å². The average Bonchev–Trinajstić information content (AvgIpc) is 2.46. The molecule has 1 aliphatic heterocycles. The van der Waals surface area contributed by atoms with Gasteiger partial charge in [0.1, 0.15) is 6.04 Å². The fraction of sp³-hybridized carbons (Fsp3) is 0.125. The minimum absolute atomic E-state index is 0.00962. The van der Waals surface area contributed by atoms with Gasteiger partial charge in [-0.05, 0) is 30.3 Å². The molecule has 0 bridgehead atoms. The van der Waals surface area contributed by atoms with Crippen LogP contribution in [-0.2, 0) is 9.59 Å². The van der Waals surface area contributed by atoms with Crippen molar-refractivity contribution in [2.75, 3.05) is 16.0 Å². The minimum Gasteiger partial charge on any atom is -0.372 e. The Morgan fingerprint density at radius 3 is 2.43 bits per heavy atom. The Hall–Kier alpha value is -2.24. The maximum atomic E-state index is 12.1. The lowest BCUT2D eigenvalue weighted by Crippen LogP contribution is -2.41. The summed E-state index contributed by atoms with van der Waals surface area (Å²) < 4.78 is 0. The molecule has 0 saturated heterocycles. The van der Waals surface area contributed by atoms with Crippen molar-refractivity contribution in [2.24, 2.45) is 0 Å². The van der Waals surface area contributed by atoms with Gasteiger partial charge in [-0.2, -0.15) is 0 Å². The molecule has 2 aromatic carbocycles.